The van der Waals surface area contributed by atoms with Gasteiger partial charge in [-0.2, -0.15) is 0 Å². The summed E-state index contributed by atoms with van der Waals surface area (Å²) in [6.07, 6.45) is 3.14. The third kappa shape index (κ3) is 3.82. The molecule has 7 heteroatoms. The second kappa shape index (κ2) is 8.01. The number of carbonyl (C=O) groups is 3. The Morgan fingerprint density at radius 1 is 1.21 bits per heavy atom. The smallest absolute Gasteiger partial charge is 0.255 e. The van der Waals surface area contributed by atoms with Crippen molar-refractivity contribution in [2.75, 3.05) is 19.6 Å². The molecule has 1 aromatic rings. The van der Waals surface area contributed by atoms with E-state index in [4.69, 9.17) is 0 Å². The molecule has 150 valence electrons. The SMILES string of the molecule is CCN(Cc1ccc2c(c1)C(=O)N(C1CCC(=O)NC1=O)C2)CC1CCCN1. The number of hydrogen-bond acceptors (Lipinski definition) is 5. The Hall–Kier alpha value is -2.25. The topological polar surface area (TPSA) is 81.8 Å². The number of nitrogens with one attached hydrogen (secondary N) is 2. The number of benzene rings is 1. The van der Waals surface area contributed by atoms with E-state index in [-0.39, 0.29) is 24.1 Å². The number of piperidine rings is 1. The van der Waals surface area contributed by atoms with Crippen LogP contribution in [-0.4, -0.2) is 59.2 Å². The molecule has 0 aliphatic carbocycles. The van der Waals surface area contributed by atoms with Gasteiger partial charge < -0.3 is 10.2 Å². The molecule has 3 heterocycles. The molecule has 0 radical (unpaired) electrons. The van der Waals surface area contributed by atoms with Crippen LogP contribution in [0.2, 0.25) is 0 Å². The molecule has 0 aromatic heterocycles. The molecule has 0 saturated carbocycles. The first-order valence-electron chi connectivity index (χ1n) is 10.3. The van der Waals surface area contributed by atoms with E-state index in [9.17, 15) is 14.4 Å². The standard InChI is InChI=1S/C21H28N4O3/c1-2-24(13-16-4-3-9-22-16)11-14-5-6-15-12-25(21(28)17(15)10-14)18-7-8-19(26)23-20(18)27/h5-6,10,16,18,22H,2-4,7-9,11-13H2,1H3,(H,23,26,27). The maximum Gasteiger partial charge on any atom is 0.255 e. The Labute approximate surface area is 165 Å². The lowest BCUT2D eigenvalue weighted by molar-refractivity contribution is -0.136. The largest absolute Gasteiger partial charge is 0.322 e. The molecule has 3 aliphatic rings. The van der Waals surface area contributed by atoms with Crippen LogP contribution in [0.5, 0.6) is 0 Å². The lowest BCUT2D eigenvalue weighted by atomic mass is 10.0. The van der Waals surface area contributed by atoms with E-state index in [0.717, 1.165) is 37.3 Å². The molecule has 0 bridgehead atoms. The fourth-order valence-electron chi connectivity index (χ4n) is 4.49. The summed E-state index contributed by atoms with van der Waals surface area (Å²) in [4.78, 5) is 40.5. The number of nitrogens with zero attached hydrogens (tertiary/aromatic N) is 2. The van der Waals surface area contributed by atoms with Crippen LogP contribution in [0.3, 0.4) is 0 Å². The highest BCUT2D eigenvalue weighted by Crippen LogP contribution is 2.28. The predicted octanol–water partition coefficient (Wildman–Crippen LogP) is 1.02. The highest BCUT2D eigenvalue weighted by atomic mass is 16.2. The van der Waals surface area contributed by atoms with Crippen molar-refractivity contribution in [2.45, 2.75) is 57.8 Å². The Bertz CT molecular complexity index is 788. The van der Waals surface area contributed by atoms with Gasteiger partial charge in [-0.25, -0.2) is 0 Å². The van der Waals surface area contributed by atoms with E-state index in [2.05, 4.69) is 28.5 Å². The summed E-state index contributed by atoms with van der Waals surface area (Å²) in [6.45, 7) is 6.50. The zero-order valence-electron chi connectivity index (χ0n) is 16.4. The Morgan fingerprint density at radius 3 is 2.79 bits per heavy atom. The molecule has 2 fully saturated rings. The maximum absolute atomic E-state index is 12.9. The molecule has 7 nitrogen and oxygen atoms in total. The first-order chi connectivity index (χ1) is 13.5. The van der Waals surface area contributed by atoms with Gasteiger partial charge >= 0.3 is 0 Å². The van der Waals surface area contributed by atoms with Crippen molar-refractivity contribution < 1.29 is 14.4 Å². The molecule has 2 saturated heterocycles. The maximum atomic E-state index is 12.9. The van der Waals surface area contributed by atoms with Crippen molar-refractivity contribution in [3.05, 3.63) is 34.9 Å². The van der Waals surface area contributed by atoms with Crippen LogP contribution in [0.4, 0.5) is 0 Å². The van der Waals surface area contributed by atoms with Gasteiger partial charge in [-0.05, 0) is 49.5 Å². The summed E-state index contributed by atoms with van der Waals surface area (Å²) < 4.78 is 0. The third-order valence-electron chi connectivity index (χ3n) is 6.09. The molecular weight excluding hydrogens is 356 g/mol. The molecule has 3 aliphatic heterocycles. The summed E-state index contributed by atoms with van der Waals surface area (Å²) in [5.74, 6) is -0.727. The van der Waals surface area contributed by atoms with Gasteiger partial charge in [0.05, 0.1) is 0 Å². The summed E-state index contributed by atoms with van der Waals surface area (Å²) in [5.41, 5.74) is 2.77. The van der Waals surface area contributed by atoms with E-state index >= 15 is 0 Å². The number of amides is 3. The molecule has 4 rings (SSSR count). The van der Waals surface area contributed by atoms with Gasteiger partial charge in [0.15, 0.2) is 0 Å². The van der Waals surface area contributed by atoms with Crippen molar-refractivity contribution in [2.24, 2.45) is 0 Å². The Balaban J connectivity index is 1.45. The molecule has 3 amide bonds. The fraction of sp³-hybridized carbons (Fsp3) is 0.571. The van der Waals surface area contributed by atoms with Crippen molar-refractivity contribution >= 4 is 17.7 Å². The highest BCUT2D eigenvalue weighted by Gasteiger charge is 2.39. The Morgan fingerprint density at radius 2 is 2.07 bits per heavy atom. The number of imide groups is 1. The molecule has 2 unspecified atom stereocenters. The molecular formula is C21H28N4O3. The average molecular weight is 384 g/mol. The first-order valence-corrected chi connectivity index (χ1v) is 10.3. The van der Waals surface area contributed by atoms with E-state index in [1.54, 1.807) is 4.90 Å². The van der Waals surface area contributed by atoms with Gasteiger partial charge in [0.2, 0.25) is 11.8 Å². The average Bonchev–Trinajstić information content (AvgIpc) is 3.30. The van der Waals surface area contributed by atoms with Gasteiger partial charge in [0.1, 0.15) is 6.04 Å². The van der Waals surface area contributed by atoms with E-state index in [1.807, 2.05) is 12.1 Å². The molecule has 28 heavy (non-hydrogen) atoms. The minimum Gasteiger partial charge on any atom is -0.322 e. The summed E-state index contributed by atoms with van der Waals surface area (Å²) in [7, 11) is 0. The van der Waals surface area contributed by atoms with Crippen molar-refractivity contribution in [3.63, 3.8) is 0 Å². The summed E-state index contributed by atoms with van der Waals surface area (Å²) in [5, 5.41) is 5.89. The first kappa shape index (κ1) is 19.1. The monoisotopic (exact) mass is 384 g/mol. The Kier molecular flexibility index (Phi) is 5.46. The third-order valence-corrected chi connectivity index (χ3v) is 6.09. The number of likely N-dealkylation sites (N-methyl/N-ethyl adjacent to an activating group) is 1. The molecule has 1 aromatic carbocycles. The number of rotatable bonds is 6. The van der Waals surface area contributed by atoms with Crippen molar-refractivity contribution in [1.82, 2.24) is 20.4 Å². The zero-order valence-corrected chi connectivity index (χ0v) is 16.4. The van der Waals surface area contributed by atoms with Crippen LogP contribution >= 0.6 is 0 Å². The van der Waals surface area contributed by atoms with Crippen LogP contribution in [-0.2, 0) is 22.7 Å². The normalized spacial score (nSPS) is 24.8. The van der Waals surface area contributed by atoms with E-state index < -0.39 is 6.04 Å². The van der Waals surface area contributed by atoms with E-state index in [0.29, 0.717) is 24.6 Å². The number of fused-ring (bicyclic) bond motifs is 1. The molecule has 0 spiro atoms. The van der Waals surface area contributed by atoms with Crippen LogP contribution < -0.4 is 10.6 Å². The van der Waals surface area contributed by atoms with Crippen molar-refractivity contribution in [3.8, 4) is 0 Å². The lowest BCUT2D eigenvalue weighted by Gasteiger charge is -2.29. The molecule has 2 N–H and O–H groups in total. The van der Waals surface area contributed by atoms with Crippen molar-refractivity contribution in [1.29, 1.82) is 0 Å². The van der Waals surface area contributed by atoms with Crippen LogP contribution in [0.15, 0.2) is 18.2 Å². The van der Waals surface area contributed by atoms with Crippen LogP contribution in [0.25, 0.3) is 0 Å². The minimum absolute atomic E-state index is 0.105. The lowest BCUT2D eigenvalue weighted by Crippen LogP contribution is -2.52. The second-order valence-electron chi connectivity index (χ2n) is 8.01. The van der Waals surface area contributed by atoms with Gasteiger partial charge in [-0.15, -0.1) is 0 Å². The number of hydrogen-bond donors (Lipinski definition) is 2. The van der Waals surface area contributed by atoms with Gasteiger partial charge in [-0.3, -0.25) is 24.6 Å². The van der Waals surface area contributed by atoms with Gasteiger partial charge in [0.25, 0.3) is 5.91 Å². The summed E-state index contributed by atoms with van der Waals surface area (Å²) >= 11 is 0. The second-order valence-corrected chi connectivity index (χ2v) is 8.01. The minimum atomic E-state index is -0.554. The number of carbonyl (C=O) groups excluding carboxylic acids is 3. The van der Waals surface area contributed by atoms with Gasteiger partial charge in [0, 0.05) is 37.7 Å². The van der Waals surface area contributed by atoms with Crippen LogP contribution in [0.1, 0.15) is 54.1 Å². The quantitative estimate of drug-likeness (QED) is 0.716. The highest BCUT2D eigenvalue weighted by molar-refractivity contribution is 6.05. The van der Waals surface area contributed by atoms with Crippen LogP contribution in [0, 0.1) is 0 Å². The fourth-order valence-corrected chi connectivity index (χ4v) is 4.49. The summed E-state index contributed by atoms with van der Waals surface area (Å²) in [6, 6.07) is 6.08. The predicted molar refractivity (Wildman–Crippen MR) is 104 cm³/mol. The zero-order chi connectivity index (χ0) is 19.7. The van der Waals surface area contributed by atoms with E-state index in [1.165, 1.54) is 12.8 Å². The molecule has 2 atom stereocenters. The van der Waals surface area contributed by atoms with Gasteiger partial charge in [-0.1, -0.05) is 19.1 Å².